The molecular weight excluding hydrogens is 469 g/mol. The summed E-state index contributed by atoms with van der Waals surface area (Å²) in [6.45, 7) is 6.01. The Labute approximate surface area is 215 Å². The predicted molar refractivity (Wildman–Crippen MR) is 144 cm³/mol. The topological polar surface area (TPSA) is 79.3 Å². The molecule has 190 valence electrons. The van der Waals surface area contributed by atoms with E-state index in [0.717, 1.165) is 28.1 Å². The molecular formula is C29H30FN5O2. The zero-order valence-corrected chi connectivity index (χ0v) is 21.2. The van der Waals surface area contributed by atoms with Gasteiger partial charge in [0.25, 0.3) is 0 Å². The standard InChI is InChI=1S/C29H30FN5O2/c1-4-17-34(29(37)31-24-12-8-11-23(30)18-24)19-26(36)32-28-27(22-9-6-5-7-10-22)21(3)33-35(28)25-15-13-20(2)14-16-25/h5-16,18H,4,17,19H2,1-3H3,(H,31,37)(H,32,36). The lowest BCUT2D eigenvalue weighted by molar-refractivity contribution is -0.116. The first-order valence-corrected chi connectivity index (χ1v) is 12.2. The van der Waals surface area contributed by atoms with Crippen LogP contribution in [-0.2, 0) is 4.79 Å². The first kappa shape index (κ1) is 25.6. The molecule has 2 N–H and O–H groups in total. The van der Waals surface area contributed by atoms with Gasteiger partial charge in [-0.15, -0.1) is 0 Å². The van der Waals surface area contributed by atoms with Crippen LogP contribution >= 0.6 is 0 Å². The van der Waals surface area contributed by atoms with E-state index in [-0.39, 0.29) is 12.5 Å². The summed E-state index contributed by atoms with van der Waals surface area (Å²) in [5, 5.41) is 10.4. The number of hydrogen-bond acceptors (Lipinski definition) is 3. The van der Waals surface area contributed by atoms with Crippen molar-refractivity contribution in [1.82, 2.24) is 14.7 Å². The van der Waals surface area contributed by atoms with Crippen molar-refractivity contribution < 1.29 is 14.0 Å². The van der Waals surface area contributed by atoms with Crippen molar-refractivity contribution in [3.05, 3.63) is 95.9 Å². The molecule has 1 heterocycles. The second kappa shape index (κ2) is 11.5. The van der Waals surface area contributed by atoms with Gasteiger partial charge in [-0.05, 0) is 56.2 Å². The van der Waals surface area contributed by atoms with Crippen molar-refractivity contribution in [2.24, 2.45) is 0 Å². The van der Waals surface area contributed by atoms with Crippen LogP contribution in [0.5, 0.6) is 0 Å². The van der Waals surface area contributed by atoms with Gasteiger partial charge in [0.2, 0.25) is 5.91 Å². The van der Waals surface area contributed by atoms with Gasteiger partial charge >= 0.3 is 6.03 Å². The number of urea groups is 1. The largest absolute Gasteiger partial charge is 0.322 e. The Morgan fingerprint density at radius 2 is 1.68 bits per heavy atom. The molecule has 4 aromatic rings. The summed E-state index contributed by atoms with van der Waals surface area (Å²) >= 11 is 0. The molecule has 0 saturated heterocycles. The number of rotatable bonds is 8. The second-order valence-electron chi connectivity index (χ2n) is 8.83. The van der Waals surface area contributed by atoms with Gasteiger partial charge < -0.3 is 15.5 Å². The number of carbonyl (C=O) groups excluding carboxylic acids is 2. The van der Waals surface area contributed by atoms with Gasteiger partial charge in [0.15, 0.2) is 0 Å². The third kappa shape index (κ3) is 6.22. The van der Waals surface area contributed by atoms with Crippen LogP contribution in [0, 0.1) is 19.7 Å². The van der Waals surface area contributed by atoms with Gasteiger partial charge in [-0.1, -0.05) is 61.0 Å². The molecule has 0 atom stereocenters. The molecule has 0 radical (unpaired) electrons. The van der Waals surface area contributed by atoms with Crippen molar-refractivity contribution in [2.45, 2.75) is 27.2 Å². The number of aromatic nitrogens is 2. The van der Waals surface area contributed by atoms with Crippen molar-refractivity contribution in [1.29, 1.82) is 0 Å². The Morgan fingerprint density at radius 3 is 2.35 bits per heavy atom. The summed E-state index contributed by atoms with van der Waals surface area (Å²) < 4.78 is 15.3. The Kier molecular flexibility index (Phi) is 7.98. The van der Waals surface area contributed by atoms with E-state index in [4.69, 9.17) is 5.10 Å². The molecule has 0 unspecified atom stereocenters. The zero-order valence-electron chi connectivity index (χ0n) is 21.2. The van der Waals surface area contributed by atoms with E-state index < -0.39 is 11.8 Å². The van der Waals surface area contributed by atoms with Crippen LogP contribution in [0.15, 0.2) is 78.9 Å². The van der Waals surface area contributed by atoms with Crippen LogP contribution < -0.4 is 10.6 Å². The Morgan fingerprint density at radius 1 is 0.946 bits per heavy atom. The minimum absolute atomic E-state index is 0.179. The molecule has 37 heavy (non-hydrogen) atoms. The molecule has 3 amide bonds. The van der Waals surface area contributed by atoms with E-state index >= 15 is 0 Å². The third-order valence-electron chi connectivity index (χ3n) is 5.85. The van der Waals surface area contributed by atoms with Crippen molar-refractivity contribution in [3.63, 3.8) is 0 Å². The van der Waals surface area contributed by atoms with Crippen LogP contribution in [0.1, 0.15) is 24.6 Å². The molecule has 0 aliphatic heterocycles. The lowest BCUT2D eigenvalue weighted by Crippen LogP contribution is -2.41. The molecule has 0 spiro atoms. The van der Waals surface area contributed by atoms with Gasteiger partial charge in [-0.2, -0.15) is 5.10 Å². The molecule has 8 heteroatoms. The molecule has 0 bridgehead atoms. The number of nitrogens with one attached hydrogen (secondary N) is 2. The number of nitrogens with zero attached hydrogens (tertiary/aromatic N) is 3. The highest BCUT2D eigenvalue weighted by atomic mass is 19.1. The van der Waals surface area contributed by atoms with E-state index in [1.807, 2.05) is 75.4 Å². The average Bonchev–Trinajstić information content (AvgIpc) is 3.20. The van der Waals surface area contributed by atoms with Crippen molar-refractivity contribution >= 4 is 23.4 Å². The van der Waals surface area contributed by atoms with E-state index in [1.54, 1.807) is 10.7 Å². The highest BCUT2D eigenvalue weighted by Gasteiger charge is 2.23. The molecule has 1 aromatic heterocycles. The lowest BCUT2D eigenvalue weighted by atomic mass is 10.1. The van der Waals surface area contributed by atoms with Crippen molar-refractivity contribution in [3.8, 4) is 16.8 Å². The molecule has 0 aliphatic rings. The lowest BCUT2D eigenvalue weighted by Gasteiger charge is -2.22. The summed E-state index contributed by atoms with van der Waals surface area (Å²) in [5.74, 6) is -0.293. The summed E-state index contributed by atoms with van der Waals surface area (Å²) in [4.78, 5) is 27.6. The summed E-state index contributed by atoms with van der Waals surface area (Å²) in [6, 6.07) is 22.8. The van der Waals surface area contributed by atoms with Gasteiger partial charge in [-0.3, -0.25) is 4.79 Å². The maximum atomic E-state index is 13.6. The number of amides is 3. The Balaban J connectivity index is 1.62. The number of hydrogen-bond donors (Lipinski definition) is 2. The SMILES string of the molecule is CCCN(CC(=O)Nc1c(-c2ccccc2)c(C)nn1-c1ccc(C)cc1)C(=O)Nc1cccc(F)c1. The number of anilines is 2. The number of benzene rings is 3. The summed E-state index contributed by atoms with van der Waals surface area (Å²) in [6.07, 6.45) is 0.652. The van der Waals surface area contributed by atoms with Crippen LogP contribution in [0.25, 0.3) is 16.8 Å². The maximum Gasteiger partial charge on any atom is 0.322 e. The fourth-order valence-electron chi connectivity index (χ4n) is 4.10. The number of aryl methyl sites for hydroxylation is 2. The van der Waals surface area contributed by atoms with Crippen LogP contribution in [0.2, 0.25) is 0 Å². The monoisotopic (exact) mass is 499 g/mol. The molecule has 7 nitrogen and oxygen atoms in total. The van der Waals surface area contributed by atoms with E-state index in [0.29, 0.717) is 24.5 Å². The molecule has 0 fully saturated rings. The highest BCUT2D eigenvalue weighted by molar-refractivity contribution is 5.99. The molecule has 0 aliphatic carbocycles. The predicted octanol–water partition coefficient (Wildman–Crippen LogP) is 6.18. The van der Waals surface area contributed by atoms with Crippen molar-refractivity contribution in [2.75, 3.05) is 23.7 Å². The second-order valence-corrected chi connectivity index (χ2v) is 8.83. The normalized spacial score (nSPS) is 10.7. The van der Waals surface area contributed by atoms with Gasteiger partial charge in [0.1, 0.15) is 18.2 Å². The van der Waals surface area contributed by atoms with Crippen LogP contribution in [0.4, 0.5) is 20.7 Å². The first-order chi connectivity index (χ1) is 17.9. The minimum Gasteiger partial charge on any atom is -0.315 e. The molecule has 3 aromatic carbocycles. The summed E-state index contributed by atoms with van der Waals surface area (Å²) in [7, 11) is 0. The van der Waals surface area contributed by atoms with E-state index in [1.165, 1.54) is 23.1 Å². The van der Waals surface area contributed by atoms with Crippen LogP contribution in [-0.4, -0.2) is 39.7 Å². The smallest absolute Gasteiger partial charge is 0.315 e. The fourth-order valence-corrected chi connectivity index (χ4v) is 4.10. The van der Waals surface area contributed by atoms with Gasteiger partial charge in [0, 0.05) is 17.8 Å². The Hall–Kier alpha value is -4.46. The van der Waals surface area contributed by atoms with E-state index in [9.17, 15) is 14.0 Å². The fraction of sp³-hybridized carbons (Fsp3) is 0.207. The van der Waals surface area contributed by atoms with Gasteiger partial charge in [0.05, 0.1) is 11.4 Å². The maximum absolute atomic E-state index is 13.6. The Bertz CT molecular complexity index is 1380. The highest BCUT2D eigenvalue weighted by Crippen LogP contribution is 2.33. The first-order valence-electron chi connectivity index (χ1n) is 12.2. The number of halogens is 1. The minimum atomic E-state index is -0.478. The molecule has 0 saturated carbocycles. The third-order valence-corrected chi connectivity index (χ3v) is 5.85. The quantitative estimate of drug-likeness (QED) is 0.304. The molecule has 4 rings (SSSR count). The number of carbonyl (C=O) groups is 2. The summed E-state index contributed by atoms with van der Waals surface area (Å²) in [5.41, 5.74) is 4.73. The zero-order chi connectivity index (χ0) is 26.4. The van der Waals surface area contributed by atoms with E-state index in [2.05, 4.69) is 10.6 Å². The van der Waals surface area contributed by atoms with Gasteiger partial charge in [-0.25, -0.2) is 13.9 Å². The van der Waals surface area contributed by atoms with Crippen LogP contribution in [0.3, 0.4) is 0 Å². The average molecular weight is 500 g/mol.